The van der Waals surface area contributed by atoms with Gasteiger partial charge in [-0.05, 0) is 48.4 Å². The number of benzene rings is 3. The zero-order valence-electron chi connectivity index (χ0n) is 16.9. The molecule has 0 amide bonds. The van der Waals surface area contributed by atoms with E-state index in [0.29, 0.717) is 28.9 Å². The van der Waals surface area contributed by atoms with Crippen molar-refractivity contribution in [3.63, 3.8) is 0 Å². The average Bonchev–Trinajstić information content (AvgIpc) is 3.12. The van der Waals surface area contributed by atoms with E-state index < -0.39 is 0 Å². The highest BCUT2D eigenvalue weighted by Crippen LogP contribution is 2.28. The fourth-order valence-electron chi connectivity index (χ4n) is 3.44. The quantitative estimate of drug-likeness (QED) is 0.264. The highest BCUT2D eigenvalue weighted by atomic mass is 35.5. The molecule has 0 aliphatic carbocycles. The van der Waals surface area contributed by atoms with E-state index in [9.17, 15) is 0 Å². The second-order valence-electron chi connectivity index (χ2n) is 6.98. The van der Waals surface area contributed by atoms with Crippen LogP contribution in [0.4, 0.5) is 0 Å². The first-order valence-corrected chi connectivity index (χ1v) is 10.7. The van der Waals surface area contributed by atoms with Gasteiger partial charge in [0.15, 0.2) is 0 Å². The molecule has 0 saturated heterocycles. The zero-order valence-corrected chi connectivity index (χ0v) is 18.4. The lowest BCUT2D eigenvalue weighted by Crippen LogP contribution is -2.13. The summed E-state index contributed by atoms with van der Waals surface area (Å²) in [5.41, 5.74) is 3.07. The molecule has 0 aliphatic heterocycles. The maximum atomic E-state index is 6.24. The van der Waals surface area contributed by atoms with Crippen molar-refractivity contribution in [1.82, 2.24) is 9.55 Å². The molecule has 4 nitrogen and oxygen atoms in total. The number of fused-ring (bicyclic) bond motifs is 1. The summed E-state index contributed by atoms with van der Waals surface area (Å²) in [6.45, 7) is 5.24. The van der Waals surface area contributed by atoms with Crippen LogP contribution in [0.2, 0.25) is 10.0 Å². The van der Waals surface area contributed by atoms with E-state index in [1.54, 1.807) is 18.2 Å². The summed E-state index contributed by atoms with van der Waals surface area (Å²) in [6, 6.07) is 21.2. The molecule has 3 aromatic carbocycles. The number of rotatable bonds is 9. The van der Waals surface area contributed by atoms with Gasteiger partial charge in [0.25, 0.3) is 0 Å². The molecule has 158 valence electrons. The van der Waals surface area contributed by atoms with Gasteiger partial charge >= 0.3 is 0 Å². The van der Waals surface area contributed by atoms with Gasteiger partial charge in [-0.1, -0.05) is 59.6 Å². The summed E-state index contributed by atoms with van der Waals surface area (Å²) >= 11 is 12.2. The van der Waals surface area contributed by atoms with Crippen molar-refractivity contribution in [3.8, 4) is 11.5 Å². The third-order valence-corrected chi connectivity index (χ3v) is 5.42. The predicted octanol–water partition coefficient (Wildman–Crippen LogP) is 6.73. The first-order valence-electron chi connectivity index (χ1n) is 9.99. The first-order chi connectivity index (χ1) is 15.2. The number of hydrogen-bond acceptors (Lipinski definition) is 3. The molecule has 1 heterocycles. The second kappa shape index (κ2) is 9.90. The fourth-order valence-corrected chi connectivity index (χ4v) is 3.90. The van der Waals surface area contributed by atoms with Gasteiger partial charge in [-0.25, -0.2) is 4.98 Å². The number of hydrogen-bond donors (Lipinski definition) is 0. The summed E-state index contributed by atoms with van der Waals surface area (Å²) in [7, 11) is 0. The molecule has 0 radical (unpaired) electrons. The van der Waals surface area contributed by atoms with Gasteiger partial charge in [0, 0.05) is 5.02 Å². The van der Waals surface area contributed by atoms with Crippen molar-refractivity contribution < 1.29 is 9.47 Å². The minimum absolute atomic E-state index is 0.281. The van der Waals surface area contributed by atoms with Crippen LogP contribution in [0.1, 0.15) is 11.4 Å². The van der Waals surface area contributed by atoms with Gasteiger partial charge < -0.3 is 14.0 Å². The number of nitrogens with zero attached hydrogens (tertiary/aromatic N) is 2. The minimum atomic E-state index is 0.281. The number of aromatic nitrogens is 2. The monoisotopic (exact) mass is 452 g/mol. The number of halogens is 2. The van der Waals surface area contributed by atoms with Crippen molar-refractivity contribution in [1.29, 1.82) is 0 Å². The number of para-hydroxylation sites is 3. The van der Waals surface area contributed by atoms with Gasteiger partial charge in [-0.2, -0.15) is 0 Å². The Morgan fingerprint density at radius 2 is 1.74 bits per heavy atom. The average molecular weight is 453 g/mol. The molecule has 0 aliphatic rings. The lowest BCUT2D eigenvalue weighted by molar-refractivity contribution is 0.271. The Labute approximate surface area is 191 Å². The molecule has 6 heteroatoms. The smallest absolute Gasteiger partial charge is 0.148 e. The van der Waals surface area contributed by atoms with Crippen LogP contribution in [0.25, 0.3) is 11.0 Å². The topological polar surface area (TPSA) is 36.3 Å². The molecule has 0 N–H and O–H groups in total. The van der Waals surface area contributed by atoms with Crippen LogP contribution in [0.15, 0.2) is 79.4 Å². The molecule has 4 aromatic rings. The fraction of sp³-hybridized carbons (Fsp3) is 0.160. The summed E-state index contributed by atoms with van der Waals surface area (Å²) < 4.78 is 14.1. The Kier molecular flexibility index (Phi) is 6.80. The van der Waals surface area contributed by atoms with E-state index in [1.807, 2.05) is 48.5 Å². The summed E-state index contributed by atoms with van der Waals surface area (Å²) in [6.07, 6.45) is 2.65. The number of imidazole rings is 1. The molecule has 1 aromatic heterocycles. The third kappa shape index (κ3) is 5.04. The third-order valence-electron chi connectivity index (χ3n) is 4.89. The largest absolute Gasteiger partial charge is 0.491 e. The Bertz CT molecular complexity index is 1200. The molecule has 4 rings (SSSR count). The zero-order chi connectivity index (χ0) is 21.6. The van der Waals surface area contributed by atoms with Crippen LogP contribution in [-0.4, -0.2) is 16.2 Å². The van der Waals surface area contributed by atoms with E-state index in [2.05, 4.69) is 17.2 Å². The second-order valence-corrected chi connectivity index (χ2v) is 7.82. The standard InChI is InChI=1S/C25H22Cl2N2O2/c1-2-7-18-8-3-6-11-23(18)30-15-14-29-22-10-5-4-9-21(22)28-25(29)17-31-24-13-12-19(26)16-20(24)27/h2-6,8-13,16H,1,7,14-15,17H2. The molecule has 31 heavy (non-hydrogen) atoms. The maximum absolute atomic E-state index is 6.24. The van der Waals surface area contributed by atoms with Crippen LogP contribution in [-0.2, 0) is 19.6 Å². The molecule has 0 bridgehead atoms. The Balaban J connectivity index is 1.52. The van der Waals surface area contributed by atoms with Gasteiger partial charge in [-0.3, -0.25) is 0 Å². The molecular weight excluding hydrogens is 431 g/mol. The van der Waals surface area contributed by atoms with Crippen LogP contribution >= 0.6 is 23.2 Å². The molecule has 0 atom stereocenters. The normalized spacial score (nSPS) is 10.9. The summed E-state index contributed by atoms with van der Waals surface area (Å²) in [5.74, 6) is 2.24. The predicted molar refractivity (Wildman–Crippen MR) is 126 cm³/mol. The Morgan fingerprint density at radius 3 is 2.58 bits per heavy atom. The number of allylic oxidation sites excluding steroid dienone is 1. The minimum Gasteiger partial charge on any atom is -0.491 e. The Morgan fingerprint density at radius 1 is 0.935 bits per heavy atom. The van der Waals surface area contributed by atoms with Gasteiger partial charge in [0.1, 0.15) is 30.5 Å². The van der Waals surface area contributed by atoms with Crippen LogP contribution in [0.3, 0.4) is 0 Å². The molecule has 0 spiro atoms. The Hall–Kier alpha value is -2.95. The number of ether oxygens (including phenoxy) is 2. The highest BCUT2D eigenvalue weighted by molar-refractivity contribution is 6.35. The van der Waals surface area contributed by atoms with Crippen LogP contribution < -0.4 is 9.47 Å². The van der Waals surface area contributed by atoms with Gasteiger partial charge in [0.2, 0.25) is 0 Å². The van der Waals surface area contributed by atoms with Crippen molar-refractivity contribution >= 4 is 34.2 Å². The van der Waals surface area contributed by atoms with E-state index in [1.165, 1.54) is 0 Å². The van der Waals surface area contributed by atoms with Crippen molar-refractivity contribution in [2.75, 3.05) is 6.61 Å². The molecule has 0 fully saturated rings. The van der Waals surface area contributed by atoms with Crippen LogP contribution in [0, 0.1) is 0 Å². The summed E-state index contributed by atoms with van der Waals surface area (Å²) in [5, 5.41) is 1.04. The van der Waals surface area contributed by atoms with Gasteiger partial charge in [-0.15, -0.1) is 6.58 Å². The first kappa shape index (κ1) is 21.3. The maximum Gasteiger partial charge on any atom is 0.148 e. The summed E-state index contributed by atoms with van der Waals surface area (Å²) in [4.78, 5) is 4.75. The lowest BCUT2D eigenvalue weighted by Gasteiger charge is -2.14. The van der Waals surface area contributed by atoms with E-state index in [4.69, 9.17) is 37.7 Å². The van der Waals surface area contributed by atoms with E-state index in [-0.39, 0.29) is 6.61 Å². The lowest BCUT2D eigenvalue weighted by atomic mass is 10.1. The molecule has 0 unspecified atom stereocenters. The van der Waals surface area contributed by atoms with Crippen molar-refractivity contribution in [2.24, 2.45) is 0 Å². The molecular formula is C25H22Cl2N2O2. The molecule has 0 saturated carbocycles. The van der Waals surface area contributed by atoms with Crippen LogP contribution in [0.5, 0.6) is 11.5 Å². The van der Waals surface area contributed by atoms with E-state index in [0.717, 1.165) is 34.6 Å². The van der Waals surface area contributed by atoms with Crippen molar-refractivity contribution in [3.05, 3.63) is 101 Å². The van der Waals surface area contributed by atoms with Crippen molar-refractivity contribution in [2.45, 2.75) is 19.6 Å². The SMILES string of the molecule is C=CCc1ccccc1OCCn1c(COc2ccc(Cl)cc2Cl)nc2ccccc21. The highest BCUT2D eigenvalue weighted by Gasteiger charge is 2.13. The van der Waals surface area contributed by atoms with Gasteiger partial charge in [0.05, 0.1) is 22.6 Å². The van der Waals surface area contributed by atoms with E-state index >= 15 is 0 Å².